The Morgan fingerprint density at radius 3 is 2.33 bits per heavy atom. The first-order valence-electron chi connectivity index (χ1n) is 10.1. The van der Waals surface area contributed by atoms with Gasteiger partial charge in [0.1, 0.15) is 11.0 Å². The Morgan fingerprint density at radius 1 is 0.967 bits per heavy atom. The van der Waals surface area contributed by atoms with Crippen molar-refractivity contribution in [2.45, 2.75) is 31.7 Å². The lowest BCUT2D eigenvalue weighted by atomic mass is 9.92. The number of benzene rings is 2. The molecule has 0 fully saturated rings. The van der Waals surface area contributed by atoms with Crippen LogP contribution >= 0.6 is 11.3 Å². The average molecular weight is 418 g/mol. The maximum absolute atomic E-state index is 13.3. The highest BCUT2D eigenvalue weighted by Crippen LogP contribution is 2.39. The Bertz CT molecular complexity index is 1070. The lowest BCUT2D eigenvalue weighted by molar-refractivity contribution is -0.136. The highest BCUT2D eigenvalue weighted by atomic mass is 32.1. The van der Waals surface area contributed by atoms with Crippen LogP contribution in [0.5, 0.6) is 0 Å². The molecule has 5 heteroatoms. The SMILES string of the molecule is O=C(c1ccccc1)c1c(NC(C=Cc2ccccc2)C(=O)O)sc2c1CCCC2. The molecule has 0 saturated carbocycles. The van der Waals surface area contributed by atoms with Crippen molar-refractivity contribution < 1.29 is 14.7 Å². The quantitative estimate of drug-likeness (QED) is 0.503. The average Bonchev–Trinajstić information content (AvgIpc) is 3.15. The van der Waals surface area contributed by atoms with E-state index in [2.05, 4.69) is 5.32 Å². The fourth-order valence-electron chi connectivity index (χ4n) is 3.75. The predicted octanol–water partition coefficient (Wildman–Crippen LogP) is 5.44. The second-order valence-corrected chi connectivity index (χ2v) is 8.45. The molecule has 30 heavy (non-hydrogen) atoms. The van der Waals surface area contributed by atoms with Gasteiger partial charge in [-0.15, -0.1) is 11.3 Å². The van der Waals surface area contributed by atoms with Gasteiger partial charge < -0.3 is 10.4 Å². The zero-order chi connectivity index (χ0) is 20.9. The van der Waals surface area contributed by atoms with Gasteiger partial charge in [-0.1, -0.05) is 72.8 Å². The Labute approximate surface area is 179 Å². The van der Waals surface area contributed by atoms with E-state index in [9.17, 15) is 14.7 Å². The zero-order valence-corrected chi connectivity index (χ0v) is 17.3. The molecule has 152 valence electrons. The molecule has 4 rings (SSSR count). The molecule has 1 unspecified atom stereocenters. The summed E-state index contributed by atoms with van der Waals surface area (Å²) in [6, 6.07) is 17.9. The third-order valence-electron chi connectivity index (χ3n) is 5.27. The highest BCUT2D eigenvalue weighted by molar-refractivity contribution is 7.16. The molecule has 2 aromatic carbocycles. The van der Waals surface area contributed by atoms with Crippen LogP contribution in [0.1, 0.15) is 44.8 Å². The monoisotopic (exact) mass is 417 g/mol. The summed E-state index contributed by atoms with van der Waals surface area (Å²) < 4.78 is 0. The number of hydrogen-bond acceptors (Lipinski definition) is 4. The van der Waals surface area contributed by atoms with E-state index in [0.29, 0.717) is 16.1 Å². The van der Waals surface area contributed by atoms with E-state index in [4.69, 9.17) is 0 Å². The standard InChI is InChI=1S/C25H23NO3S/c27-23(18-11-5-2-6-12-18)22-19-13-7-8-14-21(19)30-24(22)26-20(25(28)29)16-15-17-9-3-1-4-10-17/h1-6,9-12,15-16,20,26H,7-8,13-14H2,(H,28,29). The van der Waals surface area contributed by atoms with Gasteiger partial charge in [-0.05, 0) is 36.8 Å². The van der Waals surface area contributed by atoms with Crippen LogP contribution in [0.15, 0.2) is 66.7 Å². The number of carboxylic acid groups (broad SMARTS) is 1. The number of carbonyl (C=O) groups excluding carboxylic acids is 1. The smallest absolute Gasteiger partial charge is 0.330 e. The first-order chi connectivity index (χ1) is 14.6. The van der Waals surface area contributed by atoms with Gasteiger partial charge in [-0.3, -0.25) is 4.79 Å². The molecular formula is C25H23NO3S. The molecule has 1 atom stereocenters. The van der Waals surface area contributed by atoms with Gasteiger partial charge in [-0.25, -0.2) is 4.79 Å². The van der Waals surface area contributed by atoms with Crippen LogP contribution in [0.25, 0.3) is 6.08 Å². The van der Waals surface area contributed by atoms with Crippen molar-refractivity contribution in [1.82, 2.24) is 0 Å². The Hall–Kier alpha value is -3.18. The van der Waals surface area contributed by atoms with Crippen LogP contribution in [0.3, 0.4) is 0 Å². The minimum Gasteiger partial charge on any atom is -0.479 e. The zero-order valence-electron chi connectivity index (χ0n) is 16.5. The number of rotatable bonds is 7. The van der Waals surface area contributed by atoms with Crippen molar-refractivity contribution >= 4 is 34.2 Å². The summed E-state index contributed by atoms with van der Waals surface area (Å²) in [5.41, 5.74) is 3.27. The van der Waals surface area contributed by atoms with Gasteiger partial charge in [0.2, 0.25) is 0 Å². The Kier molecular flexibility index (Phi) is 6.10. The fourth-order valence-corrected chi connectivity index (χ4v) is 5.07. The number of ketones is 1. The predicted molar refractivity (Wildman–Crippen MR) is 121 cm³/mol. The van der Waals surface area contributed by atoms with Gasteiger partial charge in [0.15, 0.2) is 5.78 Å². The largest absolute Gasteiger partial charge is 0.479 e. The van der Waals surface area contributed by atoms with Crippen LogP contribution in [0, 0.1) is 0 Å². The van der Waals surface area contributed by atoms with E-state index in [1.165, 1.54) is 16.2 Å². The normalized spacial score (nSPS) is 14.3. The summed E-state index contributed by atoms with van der Waals surface area (Å²) >= 11 is 1.52. The van der Waals surface area contributed by atoms with Crippen LogP contribution < -0.4 is 5.32 Å². The Morgan fingerprint density at radius 2 is 1.63 bits per heavy atom. The van der Waals surface area contributed by atoms with Crippen LogP contribution in [0.2, 0.25) is 0 Å². The van der Waals surface area contributed by atoms with Gasteiger partial charge in [0.05, 0.1) is 5.56 Å². The number of hydrogen-bond donors (Lipinski definition) is 2. The maximum Gasteiger partial charge on any atom is 0.330 e. The van der Waals surface area contributed by atoms with Crippen molar-refractivity contribution in [2.75, 3.05) is 5.32 Å². The van der Waals surface area contributed by atoms with Gasteiger partial charge in [0, 0.05) is 10.4 Å². The molecule has 1 aliphatic carbocycles. The summed E-state index contributed by atoms with van der Waals surface area (Å²) in [6.45, 7) is 0. The Balaban J connectivity index is 1.69. The molecule has 0 radical (unpaired) electrons. The van der Waals surface area contributed by atoms with Crippen LogP contribution in [0.4, 0.5) is 5.00 Å². The fraction of sp³-hybridized carbons (Fsp3) is 0.200. The minimum atomic E-state index is -0.980. The van der Waals surface area contributed by atoms with Crippen molar-refractivity contribution in [2.24, 2.45) is 0 Å². The number of carboxylic acids is 1. The first-order valence-corrected chi connectivity index (χ1v) is 10.9. The molecule has 1 aromatic heterocycles. The van der Waals surface area contributed by atoms with E-state index in [0.717, 1.165) is 36.8 Å². The number of aryl methyl sites for hydroxylation is 1. The lowest BCUT2D eigenvalue weighted by Crippen LogP contribution is -2.27. The maximum atomic E-state index is 13.3. The second kappa shape index (κ2) is 9.09. The molecule has 0 saturated heterocycles. The van der Waals surface area contributed by atoms with Crippen molar-refractivity contribution in [1.29, 1.82) is 0 Å². The molecule has 0 amide bonds. The van der Waals surface area contributed by atoms with E-state index in [1.54, 1.807) is 12.2 Å². The molecule has 1 heterocycles. The van der Waals surface area contributed by atoms with E-state index < -0.39 is 12.0 Å². The molecule has 4 nitrogen and oxygen atoms in total. The van der Waals surface area contributed by atoms with Crippen LogP contribution in [-0.4, -0.2) is 22.9 Å². The number of nitrogens with one attached hydrogen (secondary N) is 1. The molecule has 3 aromatic rings. The molecule has 1 aliphatic rings. The minimum absolute atomic E-state index is 0.0475. The molecule has 2 N–H and O–H groups in total. The molecule has 0 spiro atoms. The van der Waals surface area contributed by atoms with Crippen molar-refractivity contribution in [3.8, 4) is 0 Å². The first kappa shape index (κ1) is 20.1. The third-order valence-corrected chi connectivity index (χ3v) is 6.49. The third kappa shape index (κ3) is 4.36. The van der Waals surface area contributed by atoms with Gasteiger partial charge >= 0.3 is 5.97 Å². The van der Waals surface area contributed by atoms with Gasteiger partial charge in [-0.2, -0.15) is 0 Å². The topological polar surface area (TPSA) is 66.4 Å². The highest BCUT2D eigenvalue weighted by Gasteiger charge is 2.28. The molecule has 0 bridgehead atoms. The number of aliphatic carboxylic acids is 1. The number of thiophene rings is 1. The van der Waals surface area contributed by atoms with E-state index in [1.807, 2.05) is 60.7 Å². The van der Waals surface area contributed by atoms with E-state index in [-0.39, 0.29) is 5.78 Å². The molecular weight excluding hydrogens is 394 g/mol. The van der Waals surface area contributed by atoms with E-state index >= 15 is 0 Å². The van der Waals surface area contributed by atoms with Crippen LogP contribution in [-0.2, 0) is 17.6 Å². The van der Waals surface area contributed by atoms with Crippen molar-refractivity contribution in [3.05, 3.63) is 93.9 Å². The lowest BCUT2D eigenvalue weighted by Gasteiger charge is -2.14. The number of anilines is 1. The summed E-state index contributed by atoms with van der Waals surface area (Å²) in [7, 11) is 0. The van der Waals surface area contributed by atoms with Crippen molar-refractivity contribution in [3.63, 3.8) is 0 Å². The number of carbonyl (C=O) groups is 2. The number of fused-ring (bicyclic) bond motifs is 1. The van der Waals surface area contributed by atoms with Gasteiger partial charge in [0.25, 0.3) is 0 Å². The summed E-state index contributed by atoms with van der Waals surface area (Å²) in [6.07, 6.45) is 7.37. The molecule has 0 aliphatic heterocycles. The second-order valence-electron chi connectivity index (χ2n) is 7.34. The summed E-state index contributed by atoms with van der Waals surface area (Å²) in [4.78, 5) is 26.5. The summed E-state index contributed by atoms with van der Waals surface area (Å²) in [5.74, 6) is -1.03. The summed E-state index contributed by atoms with van der Waals surface area (Å²) in [5, 5.41) is 13.6.